The van der Waals surface area contributed by atoms with Crippen molar-refractivity contribution in [2.24, 2.45) is 0 Å². The Morgan fingerprint density at radius 1 is 1.33 bits per heavy atom. The van der Waals surface area contributed by atoms with Crippen LogP contribution in [0.4, 0.5) is 4.39 Å². The number of aromatic nitrogens is 2. The summed E-state index contributed by atoms with van der Waals surface area (Å²) >= 11 is 9.37. The van der Waals surface area contributed by atoms with Gasteiger partial charge in [0.2, 0.25) is 0 Å². The third-order valence-electron chi connectivity index (χ3n) is 3.02. The average molecular weight is 370 g/mol. The Labute approximate surface area is 131 Å². The Morgan fingerprint density at radius 3 is 2.76 bits per heavy atom. The standard InChI is InChI=1S/C14H7BrClFN2O2/c15-9-4-8(17)5-10(16)13(9)19-6-18-11-3-7(14(20)21)1-2-12(11)19/h1-6H,(H,20,21). The summed E-state index contributed by atoms with van der Waals surface area (Å²) in [5, 5.41) is 9.21. The number of carboxylic acids is 1. The van der Waals surface area contributed by atoms with Gasteiger partial charge in [0, 0.05) is 4.47 Å². The van der Waals surface area contributed by atoms with Crippen LogP contribution in [0.2, 0.25) is 5.02 Å². The highest BCUT2D eigenvalue weighted by molar-refractivity contribution is 9.10. The highest BCUT2D eigenvalue weighted by Gasteiger charge is 2.14. The first-order valence-corrected chi connectivity index (χ1v) is 7.00. The zero-order valence-corrected chi connectivity index (χ0v) is 12.7. The van der Waals surface area contributed by atoms with Gasteiger partial charge in [-0.2, -0.15) is 0 Å². The third kappa shape index (κ3) is 2.41. The molecule has 0 aliphatic carbocycles. The lowest BCUT2D eigenvalue weighted by atomic mass is 10.2. The smallest absolute Gasteiger partial charge is 0.335 e. The summed E-state index contributed by atoms with van der Waals surface area (Å²) in [6.07, 6.45) is 1.51. The third-order valence-corrected chi connectivity index (χ3v) is 3.91. The lowest BCUT2D eigenvalue weighted by Gasteiger charge is -2.09. The second kappa shape index (κ2) is 5.13. The van der Waals surface area contributed by atoms with Crippen LogP contribution >= 0.6 is 27.5 Å². The van der Waals surface area contributed by atoms with E-state index in [2.05, 4.69) is 20.9 Å². The molecule has 3 rings (SSSR count). The summed E-state index contributed by atoms with van der Waals surface area (Å²) in [7, 11) is 0. The zero-order chi connectivity index (χ0) is 15.1. The number of nitrogens with zero attached hydrogens (tertiary/aromatic N) is 2. The van der Waals surface area contributed by atoms with E-state index < -0.39 is 11.8 Å². The summed E-state index contributed by atoms with van der Waals surface area (Å²) in [4.78, 5) is 15.1. The number of rotatable bonds is 2. The first-order valence-electron chi connectivity index (χ1n) is 5.82. The second-order valence-corrected chi connectivity index (χ2v) is 5.60. The Kier molecular flexibility index (Phi) is 3.43. The Hall–Kier alpha value is -1.92. The first kappa shape index (κ1) is 14.0. The SMILES string of the molecule is O=C(O)c1ccc2c(c1)ncn2-c1c(Cl)cc(F)cc1Br. The molecule has 3 aromatic rings. The molecule has 0 amide bonds. The highest BCUT2D eigenvalue weighted by atomic mass is 79.9. The van der Waals surface area contributed by atoms with Crippen LogP contribution in [-0.4, -0.2) is 20.6 Å². The maximum atomic E-state index is 13.3. The Balaban J connectivity index is 2.25. The predicted molar refractivity (Wildman–Crippen MR) is 80.7 cm³/mol. The number of halogens is 3. The Bertz CT molecular complexity index is 856. The van der Waals surface area contributed by atoms with Gasteiger partial charge in [-0.1, -0.05) is 11.6 Å². The van der Waals surface area contributed by atoms with Crippen LogP contribution in [0.1, 0.15) is 10.4 Å². The molecule has 0 unspecified atom stereocenters. The quantitative estimate of drug-likeness (QED) is 0.733. The number of aromatic carboxylic acids is 1. The summed E-state index contributed by atoms with van der Waals surface area (Å²) in [6.45, 7) is 0. The van der Waals surface area contributed by atoms with E-state index >= 15 is 0 Å². The molecular formula is C14H7BrClFN2O2. The second-order valence-electron chi connectivity index (χ2n) is 4.34. The lowest BCUT2D eigenvalue weighted by molar-refractivity contribution is 0.0697. The molecule has 106 valence electrons. The molecule has 0 saturated carbocycles. The van der Waals surface area contributed by atoms with Crippen molar-refractivity contribution in [3.05, 3.63) is 57.5 Å². The molecule has 0 atom stereocenters. The van der Waals surface area contributed by atoms with Crippen LogP contribution < -0.4 is 0 Å². The monoisotopic (exact) mass is 368 g/mol. The van der Waals surface area contributed by atoms with Gasteiger partial charge in [-0.3, -0.25) is 4.57 Å². The highest BCUT2D eigenvalue weighted by Crippen LogP contribution is 2.32. The van der Waals surface area contributed by atoms with Crippen LogP contribution in [0, 0.1) is 5.82 Å². The maximum Gasteiger partial charge on any atom is 0.335 e. The van der Waals surface area contributed by atoms with Crippen molar-refractivity contribution in [2.45, 2.75) is 0 Å². The van der Waals surface area contributed by atoms with Crippen molar-refractivity contribution in [3.63, 3.8) is 0 Å². The number of hydrogen-bond acceptors (Lipinski definition) is 2. The van der Waals surface area contributed by atoms with Crippen molar-refractivity contribution < 1.29 is 14.3 Å². The van der Waals surface area contributed by atoms with E-state index in [1.807, 2.05) is 0 Å². The van der Waals surface area contributed by atoms with Crippen molar-refractivity contribution >= 4 is 44.5 Å². The van der Waals surface area contributed by atoms with Crippen LogP contribution in [0.15, 0.2) is 41.1 Å². The minimum Gasteiger partial charge on any atom is -0.478 e. The summed E-state index contributed by atoms with van der Waals surface area (Å²) in [6, 6.07) is 7.10. The molecule has 0 aliphatic heterocycles. The van der Waals surface area contributed by atoms with E-state index in [4.69, 9.17) is 16.7 Å². The molecular weight excluding hydrogens is 363 g/mol. The van der Waals surface area contributed by atoms with Crippen LogP contribution in [-0.2, 0) is 0 Å². The van der Waals surface area contributed by atoms with Crippen LogP contribution in [0.25, 0.3) is 16.7 Å². The molecule has 1 aromatic heterocycles. The van der Waals surface area contributed by atoms with Gasteiger partial charge in [-0.05, 0) is 46.3 Å². The molecule has 2 aromatic carbocycles. The van der Waals surface area contributed by atoms with E-state index in [0.29, 0.717) is 21.2 Å². The van der Waals surface area contributed by atoms with Crippen molar-refractivity contribution in [3.8, 4) is 5.69 Å². The molecule has 0 spiro atoms. The fourth-order valence-electron chi connectivity index (χ4n) is 2.09. The predicted octanol–water partition coefficient (Wildman–Crippen LogP) is 4.28. The summed E-state index contributed by atoms with van der Waals surface area (Å²) < 4.78 is 15.5. The van der Waals surface area contributed by atoms with Gasteiger partial charge in [0.1, 0.15) is 12.1 Å². The van der Waals surface area contributed by atoms with Gasteiger partial charge in [0.05, 0.1) is 27.3 Å². The van der Waals surface area contributed by atoms with E-state index in [1.165, 1.54) is 30.6 Å². The number of fused-ring (bicyclic) bond motifs is 1. The fourth-order valence-corrected chi connectivity index (χ4v) is 3.12. The van der Waals surface area contributed by atoms with Crippen molar-refractivity contribution in [1.82, 2.24) is 9.55 Å². The minimum absolute atomic E-state index is 0.150. The molecule has 0 aliphatic rings. The van der Waals surface area contributed by atoms with Crippen LogP contribution in [0.5, 0.6) is 0 Å². The van der Waals surface area contributed by atoms with Gasteiger partial charge in [0.25, 0.3) is 0 Å². The molecule has 0 radical (unpaired) electrons. The number of imidazole rings is 1. The molecule has 0 saturated heterocycles. The molecule has 0 fully saturated rings. The summed E-state index contributed by atoms with van der Waals surface area (Å²) in [5.74, 6) is -1.47. The first-order chi connectivity index (χ1) is 9.97. The number of benzene rings is 2. The van der Waals surface area contributed by atoms with E-state index in [9.17, 15) is 9.18 Å². The van der Waals surface area contributed by atoms with E-state index in [1.54, 1.807) is 10.6 Å². The molecule has 7 heteroatoms. The number of carboxylic acid groups (broad SMARTS) is 1. The molecule has 4 nitrogen and oxygen atoms in total. The van der Waals surface area contributed by atoms with Crippen LogP contribution in [0.3, 0.4) is 0 Å². The summed E-state index contributed by atoms with van der Waals surface area (Å²) in [5.41, 5.74) is 1.89. The molecule has 0 bridgehead atoms. The van der Waals surface area contributed by atoms with Gasteiger partial charge < -0.3 is 5.11 Å². The molecule has 21 heavy (non-hydrogen) atoms. The van der Waals surface area contributed by atoms with Gasteiger partial charge in [-0.25, -0.2) is 14.2 Å². The fraction of sp³-hybridized carbons (Fsp3) is 0. The minimum atomic E-state index is -1.02. The van der Waals surface area contributed by atoms with E-state index in [-0.39, 0.29) is 10.6 Å². The molecule has 1 heterocycles. The molecule has 1 N–H and O–H groups in total. The average Bonchev–Trinajstić information content (AvgIpc) is 2.80. The number of hydrogen-bond donors (Lipinski definition) is 1. The topological polar surface area (TPSA) is 55.1 Å². The number of carbonyl (C=O) groups is 1. The lowest BCUT2D eigenvalue weighted by Crippen LogP contribution is -1.98. The van der Waals surface area contributed by atoms with Gasteiger partial charge >= 0.3 is 5.97 Å². The van der Waals surface area contributed by atoms with Gasteiger partial charge in [-0.15, -0.1) is 0 Å². The van der Waals surface area contributed by atoms with Crippen molar-refractivity contribution in [1.29, 1.82) is 0 Å². The van der Waals surface area contributed by atoms with Gasteiger partial charge in [0.15, 0.2) is 0 Å². The maximum absolute atomic E-state index is 13.3. The van der Waals surface area contributed by atoms with Crippen molar-refractivity contribution in [2.75, 3.05) is 0 Å². The zero-order valence-electron chi connectivity index (χ0n) is 10.3. The van der Waals surface area contributed by atoms with E-state index in [0.717, 1.165) is 0 Å². The largest absolute Gasteiger partial charge is 0.478 e. The normalized spacial score (nSPS) is 11.0. The Morgan fingerprint density at radius 2 is 2.10 bits per heavy atom.